The molecule has 3 rings (SSSR count). The van der Waals surface area contributed by atoms with Crippen LogP contribution >= 0.6 is 0 Å². The molecule has 1 fully saturated rings. The molecule has 0 spiro atoms. The molecule has 0 aromatic heterocycles. The number of ether oxygens (including phenoxy) is 2. The minimum Gasteiger partial charge on any atom is -0.461 e. The molecule has 3 aliphatic rings. The lowest BCUT2D eigenvalue weighted by Gasteiger charge is -2.44. The monoisotopic (exact) mass is 290 g/mol. The normalized spacial score (nSPS) is 34.8. The van der Waals surface area contributed by atoms with Gasteiger partial charge in [0.25, 0.3) is 0 Å². The summed E-state index contributed by atoms with van der Waals surface area (Å²) in [5.41, 5.74) is 3.02. The van der Waals surface area contributed by atoms with Crippen molar-refractivity contribution >= 4 is 11.9 Å². The summed E-state index contributed by atoms with van der Waals surface area (Å²) in [7, 11) is 0. The third kappa shape index (κ3) is 2.41. The summed E-state index contributed by atoms with van der Waals surface area (Å²) in [6.45, 7) is 5.91. The summed E-state index contributed by atoms with van der Waals surface area (Å²) in [6.07, 6.45) is 6.43. The minimum absolute atomic E-state index is 0.0227. The fraction of sp³-hybridized carbons (Fsp3) is 0.647. The largest absolute Gasteiger partial charge is 0.461 e. The van der Waals surface area contributed by atoms with Gasteiger partial charge in [-0.3, -0.25) is 4.79 Å². The average molecular weight is 290 g/mol. The zero-order valence-electron chi connectivity index (χ0n) is 12.9. The summed E-state index contributed by atoms with van der Waals surface area (Å²) in [6, 6.07) is 0. The predicted octanol–water partition coefficient (Wildman–Crippen LogP) is 2.93. The van der Waals surface area contributed by atoms with Crippen LogP contribution in [0.1, 0.15) is 46.5 Å². The Morgan fingerprint density at radius 1 is 1.52 bits per heavy atom. The van der Waals surface area contributed by atoms with Crippen LogP contribution in [0.5, 0.6) is 0 Å². The zero-order valence-corrected chi connectivity index (χ0v) is 12.9. The summed E-state index contributed by atoms with van der Waals surface area (Å²) in [5.74, 6) is -0.162. The first kappa shape index (κ1) is 14.4. The molecule has 0 saturated heterocycles. The van der Waals surface area contributed by atoms with Gasteiger partial charge in [0.1, 0.15) is 12.7 Å². The second-order valence-electron chi connectivity index (χ2n) is 6.77. The summed E-state index contributed by atoms with van der Waals surface area (Å²) >= 11 is 0. The van der Waals surface area contributed by atoms with Crippen LogP contribution in [0.25, 0.3) is 0 Å². The van der Waals surface area contributed by atoms with E-state index in [0.29, 0.717) is 11.5 Å². The second-order valence-corrected chi connectivity index (χ2v) is 6.77. The van der Waals surface area contributed by atoms with Gasteiger partial charge in [0.05, 0.1) is 5.57 Å². The number of carbonyl (C=O) groups is 2. The molecule has 21 heavy (non-hydrogen) atoms. The summed E-state index contributed by atoms with van der Waals surface area (Å²) in [4.78, 5) is 23.0. The number of allylic oxidation sites excluding steroid dienone is 1. The van der Waals surface area contributed by atoms with E-state index in [-0.39, 0.29) is 30.1 Å². The van der Waals surface area contributed by atoms with Crippen molar-refractivity contribution < 1.29 is 19.1 Å². The lowest BCUT2D eigenvalue weighted by atomic mass is 9.61. The van der Waals surface area contributed by atoms with Gasteiger partial charge in [-0.25, -0.2) is 4.79 Å². The van der Waals surface area contributed by atoms with Gasteiger partial charge in [0, 0.05) is 12.5 Å². The maximum atomic E-state index is 12.0. The van der Waals surface area contributed by atoms with E-state index in [4.69, 9.17) is 9.47 Å². The Balaban J connectivity index is 1.97. The molecule has 0 bridgehead atoms. The van der Waals surface area contributed by atoms with Crippen molar-refractivity contribution in [1.29, 1.82) is 0 Å². The smallest absolute Gasteiger partial charge is 0.338 e. The number of carbonyl (C=O) groups excluding carboxylic acids is 2. The van der Waals surface area contributed by atoms with E-state index in [1.165, 1.54) is 25.3 Å². The van der Waals surface area contributed by atoms with Crippen LogP contribution in [0.2, 0.25) is 0 Å². The van der Waals surface area contributed by atoms with E-state index in [1.54, 1.807) is 0 Å². The van der Waals surface area contributed by atoms with Crippen LogP contribution in [0, 0.1) is 11.3 Å². The van der Waals surface area contributed by atoms with Crippen molar-refractivity contribution in [2.24, 2.45) is 11.3 Å². The Bertz CT molecular complexity index is 557. The highest BCUT2D eigenvalue weighted by molar-refractivity contribution is 5.94. The first-order valence-electron chi connectivity index (χ1n) is 7.70. The molecule has 1 aliphatic heterocycles. The van der Waals surface area contributed by atoms with Gasteiger partial charge < -0.3 is 9.47 Å². The Morgan fingerprint density at radius 2 is 2.29 bits per heavy atom. The molecule has 0 radical (unpaired) electrons. The quantitative estimate of drug-likeness (QED) is 0.734. The van der Waals surface area contributed by atoms with Crippen LogP contribution in [0.4, 0.5) is 0 Å². The van der Waals surface area contributed by atoms with E-state index >= 15 is 0 Å². The van der Waals surface area contributed by atoms with Gasteiger partial charge in [-0.1, -0.05) is 31.9 Å². The van der Waals surface area contributed by atoms with Crippen molar-refractivity contribution in [2.45, 2.75) is 52.6 Å². The van der Waals surface area contributed by atoms with Gasteiger partial charge in [0.2, 0.25) is 0 Å². The molecule has 0 aromatic rings. The summed E-state index contributed by atoms with van der Waals surface area (Å²) in [5, 5.41) is 0. The molecular weight excluding hydrogens is 268 g/mol. The molecule has 0 aromatic carbocycles. The number of fused-ring (bicyclic) bond motifs is 2. The molecule has 114 valence electrons. The average Bonchev–Trinajstić information content (AvgIpc) is 2.68. The molecule has 4 heteroatoms. The van der Waals surface area contributed by atoms with Crippen LogP contribution in [0.15, 0.2) is 22.8 Å². The Morgan fingerprint density at radius 3 is 3.00 bits per heavy atom. The molecule has 0 amide bonds. The Hall–Kier alpha value is -1.58. The molecule has 1 heterocycles. The highest BCUT2D eigenvalue weighted by atomic mass is 16.6. The van der Waals surface area contributed by atoms with Gasteiger partial charge in [-0.15, -0.1) is 0 Å². The van der Waals surface area contributed by atoms with Crippen molar-refractivity contribution in [2.75, 3.05) is 6.61 Å². The number of esters is 2. The van der Waals surface area contributed by atoms with Crippen molar-refractivity contribution in [3.05, 3.63) is 22.8 Å². The minimum atomic E-state index is -0.376. The number of hydrogen-bond donors (Lipinski definition) is 0. The number of hydrogen-bond acceptors (Lipinski definition) is 4. The first-order chi connectivity index (χ1) is 9.90. The van der Waals surface area contributed by atoms with Gasteiger partial charge in [-0.05, 0) is 30.6 Å². The molecule has 2 aliphatic carbocycles. The highest BCUT2D eigenvalue weighted by Crippen LogP contribution is 2.52. The zero-order chi connectivity index (χ0) is 15.2. The molecular formula is C17H22O4. The second kappa shape index (κ2) is 5.00. The predicted molar refractivity (Wildman–Crippen MR) is 77.4 cm³/mol. The Kier molecular flexibility index (Phi) is 3.42. The molecule has 4 nitrogen and oxygen atoms in total. The molecule has 3 atom stereocenters. The SMILES string of the molecule is CC(=O)OCC1=C2C=C3C(C)CCCC3(C)CC2OC1=O. The third-order valence-electron chi connectivity index (χ3n) is 5.15. The van der Waals surface area contributed by atoms with Crippen LogP contribution < -0.4 is 0 Å². The topological polar surface area (TPSA) is 52.6 Å². The molecule has 3 unspecified atom stereocenters. The Labute approximate surface area is 125 Å². The lowest BCUT2D eigenvalue weighted by Crippen LogP contribution is -2.36. The molecule has 0 N–H and O–H groups in total. The molecule has 1 saturated carbocycles. The number of rotatable bonds is 2. The van der Waals surface area contributed by atoms with Crippen molar-refractivity contribution in [1.82, 2.24) is 0 Å². The third-order valence-corrected chi connectivity index (χ3v) is 5.15. The van der Waals surface area contributed by atoms with E-state index < -0.39 is 0 Å². The fourth-order valence-corrected chi connectivity index (χ4v) is 4.03. The van der Waals surface area contributed by atoms with E-state index in [9.17, 15) is 9.59 Å². The van der Waals surface area contributed by atoms with Gasteiger partial charge in [-0.2, -0.15) is 0 Å². The van der Waals surface area contributed by atoms with E-state index in [2.05, 4.69) is 19.9 Å². The highest BCUT2D eigenvalue weighted by Gasteiger charge is 2.46. The van der Waals surface area contributed by atoms with Crippen molar-refractivity contribution in [3.8, 4) is 0 Å². The van der Waals surface area contributed by atoms with Crippen LogP contribution in [-0.4, -0.2) is 24.6 Å². The van der Waals surface area contributed by atoms with E-state index in [0.717, 1.165) is 18.4 Å². The lowest BCUT2D eigenvalue weighted by molar-refractivity contribution is -0.143. The maximum absolute atomic E-state index is 12.0. The maximum Gasteiger partial charge on any atom is 0.338 e. The fourth-order valence-electron chi connectivity index (χ4n) is 4.03. The van der Waals surface area contributed by atoms with Crippen LogP contribution in [-0.2, 0) is 19.1 Å². The standard InChI is InChI=1S/C17H22O4/c1-10-5-4-6-17(3)8-15-12(7-14(10)17)13(16(19)21-15)9-20-11(2)18/h7,10,15H,4-6,8-9H2,1-3H3. The first-order valence-corrected chi connectivity index (χ1v) is 7.70. The van der Waals surface area contributed by atoms with Gasteiger partial charge in [0.15, 0.2) is 0 Å². The van der Waals surface area contributed by atoms with E-state index in [1.807, 2.05) is 0 Å². The van der Waals surface area contributed by atoms with Crippen LogP contribution in [0.3, 0.4) is 0 Å². The summed E-state index contributed by atoms with van der Waals surface area (Å²) < 4.78 is 10.5. The van der Waals surface area contributed by atoms with Gasteiger partial charge >= 0.3 is 11.9 Å². The van der Waals surface area contributed by atoms with Crippen molar-refractivity contribution in [3.63, 3.8) is 0 Å².